The lowest BCUT2D eigenvalue weighted by molar-refractivity contribution is 0.0531. The largest absolute Gasteiger partial charge is 0.462 e. The lowest BCUT2D eigenvalue weighted by Gasteiger charge is -2.08. The van der Waals surface area contributed by atoms with Gasteiger partial charge in [-0.25, -0.2) is 19.7 Å². The molecule has 0 saturated carbocycles. The molecular weight excluding hydrogens is 383 g/mol. The highest BCUT2D eigenvalue weighted by molar-refractivity contribution is 7.17. The Balaban J connectivity index is 2.17. The van der Waals surface area contributed by atoms with Crippen LogP contribution in [0.2, 0.25) is 10.3 Å². The number of carbonyl (C=O) groups excluding carboxylic acids is 1. The van der Waals surface area contributed by atoms with Gasteiger partial charge in [0.05, 0.1) is 12.3 Å². The van der Waals surface area contributed by atoms with E-state index in [-0.39, 0.29) is 5.95 Å². The maximum Gasteiger partial charge on any atom is 0.350 e. The molecule has 0 radical (unpaired) electrons. The topological polar surface area (TPSA) is 77.0 Å². The minimum atomic E-state index is -0.403. The molecule has 0 atom stereocenters. The van der Waals surface area contributed by atoms with Gasteiger partial charge in [0, 0.05) is 5.56 Å². The van der Waals surface area contributed by atoms with Crippen LogP contribution in [0.1, 0.15) is 40.7 Å². The van der Waals surface area contributed by atoms with E-state index in [4.69, 9.17) is 27.9 Å². The van der Waals surface area contributed by atoms with Crippen LogP contribution in [0.3, 0.4) is 0 Å². The summed E-state index contributed by atoms with van der Waals surface area (Å²) in [6.45, 7) is 7.48. The van der Waals surface area contributed by atoms with E-state index in [9.17, 15) is 4.79 Å². The Labute approximate surface area is 160 Å². The van der Waals surface area contributed by atoms with Crippen molar-refractivity contribution in [2.24, 2.45) is 0 Å². The maximum atomic E-state index is 11.8. The minimum Gasteiger partial charge on any atom is -0.462 e. The van der Waals surface area contributed by atoms with E-state index >= 15 is 0 Å². The molecule has 2 heterocycles. The maximum absolute atomic E-state index is 11.8. The molecule has 0 amide bonds. The molecule has 134 valence electrons. The number of halogens is 2. The zero-order chi connectivity index (χ0) is 18.4. The highest BCUT2D eigenvalue weighted by Crippen LogP contribution is 2.29. The third-order valence-electron chi connectivity index (χ3n) is 3.22. The molecule has 0 spiro atoms. The fourth-order valence-corrected chi connectivity index (χ4v) is 3.48. The van der Waals surface area contributed by atoms with Gasteiger partial charge in [-0.2, -0.15) is 0 Å². The lowest BCUT2D eigenvalue weighted by Crippen LogP contribution is -2.03. The number of hydrogen-bond acceptors (Lipinski definition) is 7. The number of nitrogens with zero attached hydrogens (tertiary/aromatic N) is 3. The second kappa shape index (κ2) is 9.12. The molecule has 2 aromatic rings. The van der Waals surface area contributed by atoms with E-state index in [1.165, 1.54) is 0 Å². The van der Waals surface area contributed by atoms with E-state index in [0.717, 1.165) is 24.2 Å². The van der Waals surface area contributed by atoms with E-state index < -0.39 is 5.97 Å². The van der Waals surface area contributed by atoms with Crippen LogP contribution in [0, 0.1) is 6.92 Å². The Morgan fingerprint density at radius 3 is 2.60 bits per heavy atom. The normalized spacial score (nSPS) is 10.6. The summed E-state index contributed by atoms with van der Waals surface area (Å²) in [6.07, 6.45) is 4.24. The summed E-state index contributed by atoms with van der Waals surface area (Å²) in [4.78, 5) is 25.0. The summed E-state index contributed by atoms with van der Waals surface area (Å²) in [7, 11) is 0. The van der Waals surface area contributed by atoms with Crippen molar-refractivity contribution in [2.45, 2.75) is 33.1 Å². The van der Waals surface area contributed by atoms with Crippen LogP contribution in [0.5, 0.6) is 0 Å². The van der Waals surface area contributed by atoms with Gasteiger partial charge in [-0.3, -0.25) is 5.32 Å². The number of allylic oxidation sites excluding steroid dienone is 1. The van der Waals surface area contributed by atoms with Crippen LogP contribution in [0.4, 0.5) is 11.1 Å². The summed E-state index contributed by atoms with van der Waals surface area (Å²) in [6, 6.07) is 0. The van der Waals surface area contributed by atoms with Crippen LogP contribution in [0.15, 0.2) is 12.7 Å². The van der Waals surface area contributed by atoms with Gasteiger partial charge in [-0.05, 0) is 33.1 Å². The van der Waals surface area contributed by atoms with Gasteiger partial charge >= 0.3 is 5.97 Å². The van der Waals surface area contributed by atoms with Crippen LogP contribution in [-0.4, -0.2) is 27.5 Å². The predicted molar refractivity (Wildman–Crippen MR) is 101 cm³/mol. The standard InChI is InChI=1S/C16H18Cl2N4O2S/c1-4-6-7-8-10-12(17)20-15(21-13(10)18)22-16-19-9(3)11(25-16)14(23)24-5-2/h4H,1,5-8H2,2-3H3,(H,19,20,21,22). The van der Waals surface area contributed by atoms with Crippen molar-refractivity contribution in [1.82, 2.24) is 15.0 Å². The number of aromatic nitrogens is 3. The number of ether oxygens (including phenoxy) is 1. The summed E-state index contributed by atoms with van der Waals surface area (Å²) in [5, 5.41) is 3.99. The highest BCUT2D eigenvalue weighted by atomic mass is 35.5. The summed E-state index contributed by atoms with van der Waals surface area (Å²) >= 11 is 13.6. The number of rotatable bonds is 8. The van der Waals surface area contributed by atoms with Crippen LogP contribution in [0.25, 0.3) is 0 Å². The number of hydrogen-bond donors (Lipinski definition) is 1. The van der Waals surface area contributed by atoms with Crippen molar-refractivity contribution in [1.29, 1.82) is 0 Å². The summed E-state index contributed by atoms with van der Waals surface area (Å²) in [5.74, 6) is -0.174. The van der Waals surface area contributed by atoms with Gasteiger partial charge in [-0.15, -0.1) is 6.58 Å². The van der Waals surface area contributed by atoms with Crippen molar-refractivity contribution in [3.63, 3.8) is 0 Å². The number of esters is 1. The number of anilines is 2. The van der Waals surface area contributed by atoms with Gasteiger partial charge in [0.2, 0.25) is 5.95 Å². The van der Waals surface area contributed by atoms with E-state index in [1.807, 2.05) is 6.08 Å². The third kappa shape index (κ3) is 5.14. The fourth-order valence-electron chi connectivity index (χ4n) is 2.05. The Bertz CT molecular complexity index is 756. The van der Waals surface area contributed by atoms with Crippen molar-refractivity contribution >= 4 is 51.6 Å². The van der Waals surface area contributed by atoms with Crippen LogP contribution < -0.4 is 5.32 Å². The molecule has 0 bridgehead atoms. The molecule has 0 aliphatic carbocycles. The van der Waals surface area contributed by atoms with E-state index in [0.29, 0.717) is 44.6 Å². The average molecular weight is 401 g/mol. The van der Waals surface area contributed by atoms with Crippen molar-refractivity contribution < 1.29 is 9.53 Å². The second-order valence-corrected chi connectivity index (χ2v) is 6.78. The number of unbranched alkanes of at least 4 members (excludes halogenated alkanes) is 1. The van der Waals surface area contributed by atoms with Gasteiger partial charge in [0.1, 0.15) is 15.2 Å². The van der Waals surface area contributed by atoms with Crippen molar-refractivity contribution in [3.8, 4) is 0 Å². The molecule has 1 N–H and O–H groups in total. The summed E-state index contributed by atoms with van der Waals surface area (Å²) in [5.41, 5.74) is 1.28. The number of thiazole rings is 1. The molecule has 6 nitrogen and oxygen atoms in total. The Morgan fingerprint density at radius 2 is 2.00 bits per heavy atom. The Hall–Kier alpha value is -1.70. The third-order valence-corrected chi connectivity index (χ3v) is 4.90. The molecule has 0 aliphatic heterocycles. The lowest BCUT2D eigenvalue weighted by atomic mass is 10.1. The zero-order valence-corrected chi connectivity index (χ0v) is 16.3. The van der Waals surface area contributed by atoms with E-state index in [1.54, 1.807) is 13.8 Å². The molecule has 0 fully saturated rings. The first kappa shape index (κ1) is 19.6. The number of carbonyl (C=O) groups is 1. The van der Waals surface area contributed by atoms with Gasteiger partial charge in [0.25, 0.3) is 0 Å². The molecule has 0 aliphatic rings. The molecule has 25 heavy (non-hydrogen) atoms. The molecule has 0 aromatic carbocycles. The molecule has 0 unspecified atom stereocenters. The van der Waals surface area contributed by atoms with Gasteiger partial charge in [-0.1, -0.05) is 40.6 Å². The number of aryl methyl sites for hydroxylation is 1. The van der Waals surface area contributed by atoms with Gasteiger partial charge in [0.15, 0.2) is 5.13 Å². The molecule has 2 rings (SSSR count). The first-order valence-corrected chi connectivity index (χ1v) is 9.27. The zero-order valence-electron chi connectivity index (χ0n) is 13.9. The molecule has 0 saturated heterocycles. The van der Waals surface area contributed by atoms with Crippen molar-refractivity contribution in [2.75, 3.05) is 11.9 Å². The predicted octanol–water partition coefficient (Wildman–Crippen LogP) is 4.98. The quantitative estimate of drug-likeness (QED) is 0.291. The molecular formula is C16H18Cl2N4O2S. The smallest absolute Gasteiger partial charge is 0.350 e. The Kier molecular flexibility index (Phi) is 7.16. The highest BCUT2D eigenvalue weighted by Gasteiger charge is 2.18. The Morgan fingerprint density at radius 1 is 1.32 bits per heavy atom. The van der Waals surface area contributed by atoms with Crippen molar-refractivity contribution in [3.05, 3.63) is 39.1 Å². The minimum absolute atomic E-state index is 0.228. The molecule has 9 heteroatoms. The SMILES string of the molecule is C=CCCCc1c(Cl)nc(Nc2nc(C)c(C(=O)OCC)s2)nc1Cl. The second-order valence-electron chi connectivity index (χ2n) is 5.07. The van der Waals surface area contributed by atoms with Crippen LogP contribution in [-0.2, 0) is 11.2 Å². The fraction of sp³-hybridized carbons (Fsp3) is 0.375. The summed E-state index contributed by atoms with van der Waals surface area (Å²) < 4.78 is 5.00. The van der Waals surface area contributed by atoms with Crippen LogP contribution >= 0.6 is 34.5 Å². The molecule has 2 aromatic heterocycles. The first-order chi connectivity index (χ1) is 12.0. The average Bonchev–Trinajstić information content (AvgIpc) is 2.91. The monoisotopic (exact) mass is 400 g/mol. The van der Waals surface area contributed by atoms with Gasteiger partial charge < -0.3 is 4.74 Å². The van der Waals surface area contributed by atoms with E-state index in [2.05, 4.69) is 26.8 Å². The number of nitrogens with one attached hydrogen (secondary N) is 1. The first-order valence-electron chi connectivity index (χ1n) is 7.70.